The van der Waals surface area contributed by atoms with E-state index in [1.165, 1.54) is 0 Å². The van der Waals surface area contributed by atoms with Crippen molar-refractivity contribution in [2.75, 3.05) is 20.1 Å². The van der Waals surface area contributed by atoms with Crippen LogP contribution in [0.4, 0.5) is 0 Å². The summed E-state index contributed by atoms with van der Waals surface area (Å²) in [7, 11) is 1.95. The van der Waals surface area contributed by atoms with Crippen LogP contribution in [0.2, 0.25) is 0 Å². The number of carbonyl (C=O) groups is 1. The van der Waals surface area contributed by atoms with Crippen molar-refractivity contribution in [1.82, 2.24) is 10.2 Å². The summed E-state index contributed by atoms with van der Waals surface area (Å²) in [6.07, 6.45) is 1.70. The molecule has 1 aliphatic rings. The maximum atomic E-state index is 11.2. The Morgan fingerprint density at radius 1 is 1.73 bits per heavy atom. The highest BCUT2D eigenvalue weighted by Crippen LogP contribution is 2.10. The number of hydrogen-bond donors (Lipinski definition) is 1. The van der Waals surface area contributed by atoms with Crippen LogP contribution in [-0.4, -0.2) is 37.0 Å². The predicted octanol–water partition coefficient (Wildman–Crippen LogP) is 0.217. The number of likely N-dealkylation sites (N-methyl/N-ethyl adjacent to an activating group) is 2. The third-order valence-corrected chi connectivity index (χ3v) is 2.29. The second kappa shape index (κ2) is 3.72. The van der Waals surface area contributed by atoms with E-state index < -0.39 is 0 Å². The smallest absolute Gasteiger partial charge is 0.222 e. The third-order valence-electron chi connectivity index (χ3n) is 2.29. The normalized spacial score (nSPS) is 25.8. The van der Waals surface area contributed by atoms with Gasteiger partial charge in [0.2, 0.25) is 5.91 Å². The van der Waals surface area contributed by atoms with Crippen LogP contribution in [0.1, 0.15) is 19.8 Å². The predicted molar refractivity (Wildman–Crippen MR) is 44.3 cm³/mol. The van der Waals surface area contributed by atoms with Crippen molar-refractivity contribution in [3.63, 3.8) is 0 Å². The van der Waals surface area contributed by atoms with Crippen molar-refractivity contribution < 1.29 is 4.79 Å². The number of hydrogen-bond acceptors (Lipinski definition) is 2. The topological polar surface area (TPSA) is 32.3 Å². The lowest BCUT2D eigenvalue weighted by Crippen LogP contribution is -2.47. The van der Waals surface area contributed by atoms with Crippen LogP contribution in [-0.2, 0) is 4.79 Å². The highest BCUT2D eigenvalue weighted by molar-refractivity contribution is 5.77. The van der Waals surface area contributed by atoms with E-state index in [1.807, 2.05) is 18.9 Å². The van der Waals surface area contributed by atoms with Crippen LogP contribution >= 0.6 is 0 Å². The zero-order valence-electron chi connectivity index (χ0n) is 7.26. The summed E-state index contributed by atoms with van der Waals surface area (Å²) >= 11 is 0. The molecule has 11 heavy (non-hydrogen) atoms. The number of likely N-dealkylation sites (tertiary alicyclic amines) is 1. The lowest BCUT2D eigenvalue weighted by Gasteiger charge is -2.31. The van der Waals surface area contributed by atoms with Gasteiger partial charge in [0.1, 0.15) is 0 Å². The Hall–Kier alpha value is -0.570. The largest absolute Gasteiger partial charge is 0.341 e. The maximum Gasteiger partial charge on any atom is 0.222 e. The molecule has 1 rings (SSSR count). The van der Waals surface area contributed by atoms with Gasteiger partial charge in [-0.05, 0) is 20.4 Å². The van der Waals surface area contributed by atoms with Gasteiger partial charge in [-0.1, -0.05) is 0 Å². The molecular weight excluding hydrogens is 140 g/mol. The number of carbonyl (C=O) groups excluding carboxylic acids is 1. The fourth-order valence-corrected chi connectivity index (χ4v) is 1.46. The van der Waals surface area contributed by atoms with Crippen molar-refractivity contribution in [1.29, 1.82) is 0 Å². The minimum atomic E-state index is 0.305. The third kappa shape index (κ3) is 1.93. The van der Waals surface area contributed by atoms with Gasteiger partial charge in [0.15, 0.2) is 0 Å². The Morgan fingerprint density at radius 3 is 3.00 bits per heavy atom. The molecule has 0 aromatic rings. The van der Waals surface area contributed by atoms with Gasteiger partial charge in [-0.15, -0.1) is 0 Å². The molecule has 1 unspecified atom stereocenters. The minimum Gasteiger partial charge on any atom is -0.341 e. The van der Waals surface area contributed by atoms with Gasteiger partial charge in [0.25, 0.3) is 0 Å². The first-order valence-corrected chi connectivity index (χ1v) is 4.23. The number of nitrogens with zero attached hydrogens (tertiary/aromatic N) is 1. The van der Waals surface area contributed by atoms with E-state index in [-0.39, 0.29) is 0 Å². The molecule has 0 aliphatic carbocycles. The molecule has 1 N–H and O–H groups in total. The first-order chi connectivity index (χ1) is 5.27. The monoisotopic (exact) mass is 156 g/mol. The van der Waals surface area contributed by atoms with Crippen LogP contribution in [0.3, 0.4) is 0 Å². The molecule has 0 aromatic carbocycles. The maximum absolute atomic E-state index is 11.2. The van der Waals surface area contributed by atoms with Gasteiger partial charge in [0, 0.05) is 25.6 Å². The van der Waals surface area contributed by atoms with Crippen molar-refractivity contribution >= 4 is 5.91 Å². The quantitative estimate of drug-likeness (QED) is 0.620. The SMILES string of the molecule is CCN1CC(NC)CCC1=O. The van der Waals surface area contributed by atoms with Gasteiger partial charge in [-0.2, -0.15) is 0 Å². The highest BCUT2D eigenvalue weighted by Gasteiger charge is 2.22. The van der Waals surface area contributed by atoms with Crippen molar-refractivity contribution in [2.45, 2.75) is 25.8 Å². The van der Waals surface area contributed by atoms with Crippen LogP contribution in [0.5, 0.6) is 0 Å². The van der Waals surface area contributed by atoms with E-state index in [0.717, 1.165) is 19.5 Å². The molecule has 1 atom stereocenters. The Kier molecular flexibility index (Phi) is 2.88. The average molecular weight is 156 g/mol. The lowest BCUT2D eigenvalue weighted by molar-refractivity contribution is -0.133. The molecule has 64 valence electrons. The van der Waals surface area contributed by atoms with Gasteiger partial charge in [-0.3, -0.25) is 4.79 Å². The van der Waals surface area contributed by atoms with E-state index in [2.05, 4.69) is 5.32 Å². The van der Waals surface area contributed by atoms with Crippen LogP contribution in [0.15, 0.2) is 0 Å². The summed E-state index contributed by atoms with van der Waals surface area (Å²) in [5, 5.41) is 3.19. The molecule has 0 radical (unpaired) electrons. The molecule has 1 fully saturated rings. The number of nitrogens with one attached hydrogen (secondary N) is 1. The molecule has 0 spiro atoms. The number of amides is 1. The fraction of sp³-hybridized carbons (Fsp3) is 0.875. The Bertz CT molecular complexity index is 147. The first kappa shape index (κ1) is 8.53. The summed E-state index contributed by atoms with van der Waals surface area (Å²) in [5.74, 6) is 0.305. The number of piperidine rings is 1. The molecule has 0 bridgehead atoms. The average Bonchev–Trinajstić information content (AvgIpc) is 2.05. The van der Waals surface area contributed by atoms with E-state index in [1.54, 1.807) is 0 Å². The fourth-order valence-electron chi connectivity index (χ4n) is 1.46. The second-order valence-electron chi connectivity index (χ2n) is 2.96. The molecule has 0 saturated carbocycles. The summed E-state index contributed by atoms with van der Waals surface area (Å²) in [6.45, 7) is 3.75. The molecule has 1 aliphatic heterocycles. The summed E-state index contributed by atoms with van der Waals surface area (Å²) in [4.78, 5) is 13.1. The first-order valence-electron chi connectivity index (χ1n) is 4.23. The zero-order chi connectivity index (χ0) is 8.27. The van der Waals surface area contributed by atoms with Crippen LogP contribution in [0, 0.1) is 0 Å². The van der Waals surface area contributed by atoms with Crippen LogP contribution in [0.25, 0.3) is 0 Å². The van der Waals surface area contributed by atoms with Gasteiger partial charge in [0.05, 0.1) is 0 Å². The van der Waals surface area contributed by atoms with Crippen molar-refractivity contribution in [3.8, 4) is 0 Å². The molecule has 1 saturated heterocycles. The standard InChI is InChI=1S/C8H16N2O/c1-3-10-6-7(9-2)4-5-8(10)11/h7,9H,3-6H2,1-2H3. The van der Waals surface area contributed by atoms with Gasteiger partial charge >= 0.3 is 0 Å². The molecule has 1 heterocycles. The van der Waals surface area contributed by atoms with Gasteiger partial charge in [-0.25, -0.2) is 0 Å². The summed E-state index contributed by atoms with van der Waals surface area (Å²) < 4.78 is 0. The number of rotatable bonds is 2. The van der Waals surface area contributed by atoms with Crippen molar-refractivity contribution in [2.24, 2.45) is 0 Å². The summed E-state index contributed by atoms with van der Waals surface area (Å²) in [6, 6.07) is 0.507. The minimum absolute atomic E-state index is 0.305. The Morgan fingerprint density at radius 2 is 2.45 bits per heavy atom. The molecule has 3 heteroatoms. The van der Waals surface area contributed by atoms with E-state index in [4.69, 9.17) is 0 Å². The Labute approximate surface area is 67.8 Å². The van der Waals surface area contributed by atoms with Gasteiger partial charge < -0.3 is 10.2 Å². The molecule has 1 amide bonds. The lowest BCUT2D eigenvalue weighted by atomic mass is 10.1. The molecular formula is C8H16N2O. The summed E-state index contributed by atoms with van der Waals surface area (Å²) in [5.41, 5.74) is 0. The van der Waals surface area contributed by atoms with E-state index in [0.29, 0.717) is 18.4 Å². The van der Waals surface area contributed by atoms with E-state index >= 15 is 0 Å². The Balaban J connectivity index is 2.44. The zero-order valence-corrected chi connectivity index (χ0v) is 7.26. The molecule has 3 nitrogen and oxygen atoms in total. The molecule has 0 aromatic heterocycles. The highest BCUT2D eigenvalue weighted by atomic mass is 16.2. The second-order valence-corrected chi connectivity index (χ2v) is 2.96. The van der Waals surface area contributed by atoms with E-state index in [9.17, 15) is 4.79 Å². The van der Waals surface area contributed by atoms with Crippen molar-refractivity contribution in [3.05, 3.63) is 0 Å². The van der Waals surface area contributed by atoms with Crippen LogP contribution < -0.4 is 5.32 Å².